The molecule has 0 amide bonds. The van der Waals surface area contributed by atoms with Crippen LogP contribution in [-0.2, 0) is 10.2 Å². The highest BCUT2D eigenvalue weighted by molar-refractivity contribution is 6.52. The summed E-state index contributed by atoms with van der Waals surface area (Å²) in [4.78, 5) is 19.2. The van der Waals surface area contributed by atoms with Crippen LogP contribution in [0.5, 0.6) is 0 Å². The van der Waals surface area contributed by atoms with Crippen molar-refractivity contribution in [1.29, 1.82) is 0 Å². The summed E-state index contributed by atoms with van der Waals surface area (Å²) in [6.07, 6.45) is 5.30. The van der Waals surface area contributed by atoms with Crippen LogP contribution in [0.25, 0.3) is 6.08 Å². The molecule has 124 valence electrons. The predicted octanol–water partition coefficient (Wildman–Crippen LogP) is 4.34. The Balaban J connectivity index is 1.81. The van der Waals surface area contributed by atoms with Crippen molar-refractivity contribution in [2.45, 2.75) is 19.3 Å². The number of rotatable bonds is 1. The van der Waals surface area contributed by atoms with Crippen LogP contribution in [0.2, 0.25) is 0 Å². The fourth-order valence-corrected chi connectivity index (χ4v) is 3.72. The molecular formula is C22H20N2O. The third-order valence-corrected chi connectivity index (χ3v) is 5.12. The summed E-state index contributed by atoms with van der Waals surface area (Å²) in [5.41, 5.74) is 5.83. The Labute approximate surface area is 148 Å². The number of aliphatic imine (C=N–C) groups is 1. The van der Waals surface area contributed by atoms with Gasteiger partial charge in [0.1, 0.15) is 5.71 Å². The number of fused-ring (bicyclic) bond motifs is 2. The predicted molar refractivity (Wildman–Crippen MR) is 103 cm³/mol. The van der Waals surface area contributed by atoms with Crippen molar-refractivity contribution < 1.29 is 4.79 Å². The van der Waals surface area contributed by atoms with Crippen molar-refractivity contribution in [2.24, 2.45) is 4.99 Å². The third-order valence-electron chi connectivity index (χ3n) is 5.12. The number of nitrogens with zero attached hydrogens (tertiary/aromatic N) is 2. The zero-order valence-electron chi connectivity index (χ0n) is 14.7. The highest BCUT2D eigenvalue weighted by atomic mass is 16.1. The number of likely N-dealkylation sites (N-methyl/N-ethyl adjacent to an activating group) is 1. The summed E-state index contributed by atoms with van der Waals surface area (Å²) in [5.74, 6) is -0.0495. The fraction of sp³-hybridized carbons (Fsp3) is 0.182. The first-order valence-corrected chi connectivity index (χ1v) is 8.43. The van der Waals surface area contributed by atoms with Crippen LogP contribution in [0, 0.1) is 0 Å². The number of anilines is 1. The van der Waals surface area contributed by atoms with E-state index in [2.05, 4.69) is 49.0 Å². The average molecular weight is 328 g/mol. The van der Waals surface area contributed by atoms with E-state index < -0.39 is 0 Å². The van der Waals surface area contributed by atoms with Gasteiger partial charge >= 0.3 is 0 Å². The summed E-state index contributed by atoms with van der Waals surface area (Å²) in [6, 6.07) is 16.3. The average Bonchev–Trinajstić information content (AvgIpc) is 2.81. The maximum atomic E-state index is 12.4. The van der Waals surface area contributed by atoms with Crippen molar-refractivity contribution in [3.05, 3.63) is 83.2 Å². The first kappa shape index (κ1) is 15.6. The molecule has 0 saturated heterocycles. The van der Waals surface area contributed by atoms with E-state index in [4.69, 9.17) is 0 Å². The Kier molecular flexibility index (Phi) is 3.46. The Bertz CT molecular complexity index is 963. The van der Waals surface area contributed by atoms with Crippen LogP contribution in [0.1, 0.15) is 30.5 Å². The number of allylic oxidation sites excluding steroid dienone is 2. The molecule has 3 heteroatoms. The lowest BCUT2D eigenvalue weighted by Crippen LogP contribution is -2.23. The maximum Gasteiger partial charge on any atom is 0.204 e. The van der Waals surface area contributed by atoms with Crippen LogP contribution < -0.4 is 4.90 Å². The van der Waals surface area contributed by atoms with Crippen LogP contribution in [0.15, 0.2) is 71.5 Å². The van der Waals surface area contributed by atoms with Gasteiger partial charge in [0.15, 0.2) is 0 Å². The van der Waals surface area contributed by atoms with Crippen LogP contribution in [0.3, 0.4) is 0 Å². The summed E-state index contributed by atoms with van der Waals surface area (Å²) in [6.45, 7) is 4.38. The normalized spacial score (nSPS) is 20.9. The summed E-state index contributed by atoms with van der Waals surface area (Å²) in [7, 11) is 2.05. The van der Waals surface area contributed by atoms with Gasteiger partial charge in [0.25, 0.3) is 0 Å². The van der Waals surface area contributed by atoms with E-state index in [9.17, 15) is 4.79 Å². The molecule has 0 N–H and O–H groups in total. The molecule has 0 radical (unpaired) electrons. The standard InChI is InChI=1S/C22H20N2O/c1-22(2)17-10-6-7-11-18(17)24(3)20(22)14-23-21-16-9-5-4-8-15(16)12-13-19(21)25/h4-14H,1-3H3/b20-14+,23-21+. The third kappa shape index (κ3) is 2.35. The van der Waals surface area contributed by atoms with Gasteiger partial charge in [-0.3, -0.25) is 9.79 Å². The Morgan fingerprint density at radius 3 is 2.52 bits per heavy atom. The van der Waals surface area contributed by atoms with Gasteiger partial charge < -0.3 is 4.90 Å². The molecule has 3 nitrogen and oxygen atoms in total. The number of benzene rings is 2. The van der Waals surface area contributed by atoms with Gasteiger partial charge in [0, 0.05) is 35.6 Å². The molecule has 0 fully saturated rings. The van der Waals surface area contributed by atoms with Gasteiger partial charge in [-0.05, 0) is 23.3 Å². The molecule has 2 aromatic carbocycles. The molecule has 0 saturated carbocycles. The number of ketones is 1. The molecule has 0 spiro atoms. The minimum atomic E-state index is -0.150. The van der Waals surface area contributed by atoms with Gasteiger partial charge in [0.2, 0.25) is 5.78 Å². The number of hydrogen-bond acceptors (Lipinski definition) is 3. The molecule has 2 aromatic rings. The lowest BCUT2D eigenvalue weighted by Gasteiger charge is -2.23. The molecule has 0 atom stereocenters. The van der Waals surface area contributed by atoms with E-state index >= 15 is 0 Å². The lowest BCUT2D eigenvalue weighted by atomic mass is 9.84. The molecule has 2 aliphatic rings. The molecule has 1 aliphatic carbocycles. The van der Waals surface area contributed by atoms with Crippen LogP contribution in [-0.4, -0.2) is 18.5 Å². The van der Waals surface area contributed by atoms with E-state index in [-0.39, 0.29) is 11.2 Å². The number of hydrogen-bond donors (Lipinski definition) is 0. The van der Waals surface area contributed by atoms with E-state index in [1.807, 2.05) is 42.6 Å². The Morgan fingerprint density at radius 2 is 1.72 bits per heavy atom. The van der Waals surface area contributed by atoms with Crippen molar-refractivity contribution in [3.8, 4) is 0 Å². The quantitative estimate of drug-likeness (QED) is 0.780. The Morgan fingerprint density at radius 1 is 1.00 bits per heavy atom. The van der Waals surface area contributed by atoms with Crippen molar-refractivity contribution in [1.82, 2.24) is 0 Å². The fourth-order valence-electron chi connectivity index (χ4n) is 3.72. The minimum Gasteiger partial charge on any atom is -0.346 e. The molecule has 25 heavy (non-hydrogen) atoms. The second-order valence-electron chi connectivity index (χ2n) is 6.98. The molecular weight excluding hydrogens is 308 g/mol. The summed E-state index contributed by atoms with van der Waals surface area (Å²) in [5, 5.41) is 0. The van der Waals surface area contributed by atoms with E-state index in [0.29, 0.717) is 5.71 Å². The first-order valence-electron chi connectivity index (χ1n) is 8.43. The van der Waals surface area contributed by atoms with E-state index in [1.165, 1.54) is 11.3 Å². The van der Waals surface area contributed by atoms with E-state index in [0.717, 1.165) is 16.8 Å². The van der Waals surface area contributed by atoms with Gasteiger partial charge in [0.05, 0.1) is 0 Å². The van der Waals surface area contributed by atoms with Gasteiger partial charge in [-0.25, -0.2) is 0 Å². The topological polar surface area (TPSA) is 32.7 Å². The van der Waals surface area contributed by atoms with Crippen molar-refractivity contribution >= 4 is 23.3 Å². The van der Waals surface area contributed by atoms with Gasteiger partial charge in [-0.2, -0.15) is 0 Å². The number of para-hydroxylation sites is 1. The first-order chi connectivity index (χ1) is 12.0. The molecule has 1 heterocycles. The SMILES string of the molecule is CN1/C(=C/N=C2/C(=O)C=Cc3ccccc32)C(C)(C)c2ccccc21. The van der Waals surface area contributed by atoms with Gasteiger partial charge in [-0.1, -0.05) is 62.4 Å². The monoisotopic (exact) mass is 328 g/mol. The molecule has 1 aliphatic heterocycles. The van der Waals surface area contributed by atoms with Crippen molar-refractivity contribution in [2.75, 3.05) is 11.9 Å². The van der Waals surface area contributed by atoms with Crippen LogP contribution in [0.4, 0.5) is 5.69 Å². The maximum absolute atomic E-state index is 12.4. The second kappa shape index (κ2) is 5.55. The molecule has 0 aromatic heterocycles. The van der Waals surface area contributed by atoms with Gasteiger partial charge in [-0.15, -0.1) is 0 Å². The van der Waals surface area contributed by atoms with Crippen molar-refractivity contribution in [3.63, 3.8) is 0 Å². The van der Waals surface area contributed by atoms with E-state index in [1.54, 1.807) is 6.08 Å². The number of carbonyl (C=O) groups is 1. The second-order valence-corrected chi connectivity index (χ2v) is 6.98. The molecule has 0 bridgehead atoms. The lowest BCUT2D eigenvalue weighted by molar-refractivity contribution is -0.108. The highest BCUT2D eigenvalue weighted by Gasteiger charge is 2.38. The summed E-state index contributed by atoms with van der Waals surface area (Å²) < 4.78 is 0. The zero-order chi connectivity index (χ0) is 17.6. The Hall–Kier alpha value is -2.94. The van der Waals surface area contributed by atoms with Crippen LogP contribution >= 0.6 is 0 Å². The minimum absolute atomic E-state index is 0.0495. The smallest absolute Gasteiger partial charge is 0.204 e. The number of carbonyl (C=O) groups excluding carboxylic acids is 1. The molecule has 4 rings (SSSR count). The largest absolute Gasteiger partial charge is 0.346 e. The molecule has 0 unspecified atom stereocenters. The highest BCUT2D eigenvalue weighted by Crippen LogP contribution is 2.46. The zero-order valence-corrected chi connectivity index (χ0v) is 14.7. The summed E-state index contributed by atoms with van der Waals surface area (Å²) >= 11 is 0.